The molecular formula is C37H35F5N8O3S. The molecule has 7 heterocycles. The molecule has 0 bridgehead atoms. The summed E-state index contributed by atoms with van der Waals surface area (Å²) in [4.78, 5) is 16.9. The summed E-state index contributed by atoms with van der Waals surface area (Å²) in [7, 11) is 1.27. The fourth-order valence-electron chi connectivity index (χ4n) is 8.30. The summed E-state index contributed by atoms with van der Waals surface area (Å²) in [6.07, 6.45) is -1.72. The van der Waals surface area contributed by atoms with Crippen LogP contribution < -0.4 is 25.8 Å². The third kappa shape index (κ3) is 5.87. The summed E-state index contributed by atoms with van der Waals surface area (Å²) in [5.74, 6) is -1.78. The second kappa shape index (κ2) is 13.7. The minimum Gasteiger partial charge on any atom is -0.484 e. The molecule has 5 unspecified atom stereocenters. The van der Waals surface area contributed by atoms with E-state index in [9.17, 15) is 9.65 Å². The number of alkyl halides is 4. The molecule has 282 valence electrons. The highest BCUT2D eigenvalue weighted by Gasteiger charge is 2.48. The van der Waals surface area contributed by atoms with Gasteiger partial charge in [0.25, 0.3) is 0 Å². The summed E-state index contributed by atoms with van der Waals surface area (Å²) in [6.45, 7) is 3.67. The Morgan fingerprint density at radius 2 is 1.94 bits per heavy atom. The van der Waals surface area contributed by atoms with E-state index >= 15 is 17.6 Å². The van der Waals surface area contributed by atoms with Gasteiger partial charge in [-0.25, -0.2) is 13.8 Å². The van der Waals surface area contributed by atoms with Crippen molar-refractivity contribution in [2.24, 2.45) is 0 Å². The van der Waals surface area contributed by atoms with Crippen LogP contribution >= 0.6 is 11.3 Å². The molecule has 0 saturated carbocycles. The van der Waals surface area contributed by atoms with Crippen molar-refractivity contribution in [1.29, 1.82) is 5.26 Å². The van der Waals surface area contributed by atoms with Crippen LogP contribution in [-0.4, -0.2) is 77.6 Å². The number of hydrogen-bond donors (Lipinski definition) is 2. The Morgan fingerprint density at radius 3 is 2.67 bits per heavy atom. The average Bonchev–Trinajstić information content (AvgIpc) is 3.91. The van der Waals surface area contributed by atoms with Crippen molar-refractivity contribution < 1.29 is 36.2 Å². The molecule has 4 N–H and O–H groups in total. The molecule has 17 heteroatoms. The van der Waals surface area contributed by atoms with Crippen molar-refractivity contribution >= 4 is 49.0 Å². The van der Waals surface area contributed by atoms with E-state index in [1.54, 1.807) is 30.0 Å². The number of fused-ring (bicyclic) bond motifs is 3. The maximum absolute atomic E-state index is 17.0. The zero-order valence-electron chi connectivity index (χ0n) is 29.2. The van der Waals surface area contributed by atoms with E-state index in [2.05, 4.69) is 19.9 Å². The lowest BCUT2D eigenvalue weighted by atomic mass is 9.91. The van der Waals surface area contributed by atoms with Crippen LogP contribution in [0.4, 0.5) is 38.6 Å². The van der Waals surface area contributed by atoms with Gasteiger partial charge in [0.05, 0.1) is 43.4 Å². The number of anilines is 3. The van der Waals surface area contributed by atoms with Crippen molar-refractivity contribution in [1.82, 2.24) is 19.9 Å². The normalized spacial score (nSPS) is 22.6. The number of nitrogens with two attached hydrogens (primary N) is 2. The highest BCUT2D eigenvalue weighted by Crippen LogP contribution is 2.55. The lowest BCUT2D eigenvalue weighted by molar-refractivity contribution is -0.138. The molecular weight excluding hydrogens is 732 g/mol. The van der Waals surface area contributed by atoms with Gasteiger partial charge < -0.3 is 30.6 Å². The predicted octanol–water partition coefficient (Wildman–Crippen LogP) is 7.03. The Bertz CT molecular complexity index is 2300. The summed E-state index contributed by atoms with van der Waals surface area (Å²) in [5, 5.41) is 9.77. The number of nitrogens with zero attached hydrogens (tertiary/aromatic N) is 6. The molecule has 54 heavy (non-hydrogen) atoms. The van der Waals surface area contributed by atoms with Crippen LogP contribution in [0.15, 0.2) is 36.5 Å². The molecule has 2 aromatic carbocycles. The molecule has 5 aromatic rings. The van der Waals surface area contributed by atoms with E-state index in [0.717, 1.165) is 24.3 Å². The first-order valence-corrected chi connectivity index (χ1v) is 18.2. The van der Waals surface area contributed by atoms with Crippen LogP contribution in [0.25, 0.3) is 32.1 Å². The minimum absolute atomic E-state index is 0.0459. The van der Waals surface area contributed by atoms with Gasteiger partial charge in [-0.2, -0.15) is 28.4 Å². The number of ether oxygens (including phenoxy) is 3. The number of benzene rings is 2. The maximum Gasteiger partial charge on any atom is 0.420 e. The number of thiophene rings is 1. The van der Waals surface area contributed by atoms with Crippen LogP contribution in [0.3, 0.4) is 0 Å². The molecule has 3 fully saturated rings. The summed E-state index contributed by atoms with van der Waals surface area (Å²) in [5.41, 5.74) is 9.95. The maximum atomic E-state index is 17.0. The van der Waals surface area contributed by atoms with E-state index < -0.39 is 58.7 Å². The fourth-order valence-corrected chi connectivity index (χ4v) is 9.25. The minimum atomic E-state index is -5.13. The predicted molar refractivity (Wildman–Crippen MR) is 194 cm³/mol. The molecule has 4 aliphatic heterocycles. The molecule has 4 aliphatic rings. The number of methoxy groups -OCH3 is 1. The van der Waals surface area contributed by atoms with Crippen LogP contribution in [0.5, 0.6) is 11.8 Å². The van der Waals surface area contributed by atoms with Crippen LogP contribution in [0, 0.1) is 17.1 Å². The molecule has 9 rings (SSSR count). The lowest BCUT2D eigenvalue weighted by Crippen LogP contribution is -2.46. The first-order valence-electron chi connectivity index (χ1n) is 17.4. The van der Waals surface area contributed by atoms with Gasteiger partial charge in [-0.1, -0.05) is 18.2 Å². The largest absolute Gasteiger partial charge is 0.484 e. The Hall–Kier alpha value is -5.05. The van der Waals surface area contributed by atoms with Gasteiger partial charge in [0.1, 0.15) is 51.8 Å². The SMILES string of the molecule is COc1nc2c3c(c(C(F)(F)F)c(-c4cccc5sc(N)c(C#N)c45)c(F)c3n1)OC1COCC1N2C(C)c1cccnc1N.FC1CC2CCCN2C1. The van der Waals surface area contributed by atoms with Crippen LogP contribution in [-0.2, 0) is 10.9 Å². The standard InChI is InChI=1S/C30H23F4N7O3S.C7H12FN/c1-12(13-6-4-8-38-26(13)36)41-16-10-43-11-17(16)44-25-21-24(39-29(42-2)40-28(21)41)23(31)20(22(25)30(32,33)34)14-5-3-7-18-19(14)15(9-35)27(37)45-18;8-6-4-7-2-1-3-9(7)5-6/h3-8,12,16-17H,10-11,37H2,1-2H3,(H2,36,38);6-7H,1-5H2. The first-order chi connectivity index (χ1) is 25.9. The molecule has 0 spiro atoms. The molecule has 5 atom stereocenters. The molecule has 3 aromatic heterocycles. The number of nitriles is 1. The number of rotatable bonds is 4. The fraction of sp³-hybridized carbons (Fsp3) is 0.405. The van der Waals surface area contributed by atoms with Gasteiger partial charge in [0.15, 0.2) is 5.82 Å². The van der Waals surface area contributed by atoms with Gasteiger partial charge in [-0.15, -0.1) is 11.3 Å². The summed E-state index contributed by atoms with van der Waals surface area (Å²) < 4.78 is 93.4. The van der Waals surface area contributed by atoms with Gasteiger partial charge >= 0.3 is 12.2 Å². The van der Waals surface area contributed by atoms with Crippen molar-refractivity contribution in [3.63, 3.8) is 0 Å². The third-order valence-electron chi connectivity index (χ3n) is 10.7. The van der Waals surface area contributed by atoms with Crippen LogP contribution in [0.2, 0.25) is 0 Å². The lowest BCUT2D eigenvalue weighted by Gasteiger charge is -2.36. The molecule has 3 saturated heterocycles. The Balaban J connectivity index is 0.000000399. The zero-order chi connectivity index (χ0) is 38.1. The topological polar surface area (TPSA) is 149 Å². The second-order valence-corrected chi connectivity index (χ2v) is 14.8. The highest BCUT2D eigenvalue weighted by molar-refractivity contribution is 7.23. The Morgan fingerprint density at radius 1 is 1.13 bits per heavy atom. The molecule has 0 aliphatic carbocycles. The third-order valence-corrected chi connectivity index (χ3v) is 11.6. The van der Waals surface area contributed by atoms with E-state index in [-0.39, 0.29) is 57.8 Å². The van der Waals surface area contributed by atoms with Gasteiger partial charge in [-0.3, -0.25) is 4.90 Å². The van der Waals surface area contributed by atoms with E-state index in [1.165, 1.54) is 38.3 Å². The molecule has 0 radical (unpaired) electrons. The summed E-state index contributed by atoms with van der Waals surface area (Å²) >= 11 is 1.02. The second-order valence-electron chi connectivity index (χ2n) is 13.7. The average molecular weight is 767 g/mol. The van der Waals surface area contributed by atoms with E-state index in [0.29, 0.717) is 22.8 Å². The number of nitrogen functional groups attached to an aromatic ring is 2. The van der Waals surface area contributed by atoms with Gasteiger partial charge in [0.2, 0.25) is 0 Å². The Labute approximate surface area is 310 Å². The van der Waals surface area contributed by atoms with Gasteiger partial charge in [0, 0.05) is 40.0 Å². The number of aromatic nitrogens is 3. The van der Waals surface area contributed by atoms with Crippen LogP contribution in [0.1, 0.15) is 48.9 Å². The quantitative estimate of drug-likeness (QED) is 0.182. The number of hydrogen-bond acceptors (Lipinski definition) is 12. The van der Waals surface area contributed by atoms with Crippen molar-refractivity contribution in [3.05, 3.63) is 59.0 Å². The molecule has 11 nitrogen and oxygen atoms in total. The van der Waals surface area contributed by atoms with Crippen molar-refractivity contribution in [2.45, 2.75) is 62.8 Å². The number of pyridine rings is 1. The first kappa shape index (κ1) is 36.0. The van der Waals surface area contributed by atoms with Gasteiger partial charge in [-0.05, 0) is 50.4 Å². The Kier molecular flexibility index (Phi) is 9.10. The highest BCUT2D eigenvalue weighted by atomic mass is 32.1. The van der Waals surface area contributed by atoms with Crippen molar-refractivity contribution in [3.8, 4) is 29.0 Å². The monoisotopic (exact) mass is 766 g/mol. The molecule has 0 amide bonds. The number of halogens is 5. The summed E-state index contributed by atoms with van der Waals surface area (Å²) in [6, 6.07) is 8.83. The van der Waals surface area contributed by atoms with Crippen molar-refractivity contribution in [2.75, 3.05) is 49.8 Å². The zero-order valence-corrected chi connectivity index (χ0v) is 30.0. The van der Waals surface area contributed by atoms with E-state index in [4.69, 9.17) is 25.7 Å². The van der Waals surface area contributed by atoms with E-state index in [1.807, 2.05) is 6.07 Å². The smallest absolute Gasteiger partial charge is 0.420 e.